The molecule has 0 amide bonds. The lowest BCUT2D eigenvalue weighted by atomic mass is 9.44. The van der Waals surface area contributed by atoms with Crippen LogP contribution in [0.2, 0.25) is 0 Å². The summed E-state index contributed by atoms with van der Waals surface area (Å²) >= 11 is 0. The predicted molar refractivity (Wildman–Crippen MR) is 91.2 cm³/mol. The molecule has 23 heavy (non-hydrogen) atoms. The Morgan fingerprint density at radius 1 is 1.09 bits per heavy atom. The minimum absolute atomic E-state index is 0.0703. The van der Waals surface area contributed by atoms with Gasteiger partial charge < -0.3 is 9.84 Å². The molecule has 2 aliphatic carbocycles. The summed E-state index contributed by atoms with van der Waals surface area (Å²) in [4.78, 5) is 12.0. The molecule has 0 aromatic heterocycles. The average Bonchev–Trinajstić information content (AvgIpc) is 2.45. The first-order valence-corrected chi connectivity index (χ1v) is 9.17. The van der Waals surface area contributed by atoms with Crippen molar-refractivity contribution < 1.29 is 14.6 Å². The number of hydrogen-bond donors (Lipinski definition) is 1. The number of ether oxygens (including phenoxy) is 1. The zero-order chi connectivity index (χ0) is 17.1. The second kappa shape index (κ2) is 5.08. The molecule has 1 saturated heterocycles. The molecule has 0 radical (unpaired) electrons. The Kier molecular flexibility index (Phi) is 3.76. The topological polar surface area (TPSA) is 46.5 Å². The quantitative estimate of drug-likeness (QED) is 0.743. The van der Waals surface area contributed by atoms with E-state index in [2.05, 4.69) is 27.4 Å². The summed E-state index contributed by atoms with van der Waals surface area (Å²) < 4.78 is 6.59. The van der Waals surface area contributed by atoms with Crippen LogP contribution in [-0.2, 0) is 9.53 Å². The summed E-state index contributed by atoms with van der Waals surface area (Å²) in [5.41, 5.74) is -0.892. The molecular formula is C20H32O3. The molecule has 2 saturated carbocycles. The van der Waals surface area contributed by atoms with E-state index in [4.69, 9.17) is 4.74 Å². The number of carboxylic acid groups (broad SMARTS) is 1. The van der Waals surface area contributed by atoms with E-state index < -0.39 is 11.4 Å². The molecule has 0 aromatic rings. The van der Waals surface area contributed by atoms with Gasteiger partial charge in [-0.25, -0.2) is 0 Å². The Balaban J connectivity index is 1.97. The minimum Gasteiger partial charge on any atom is -0.481 e. The van der Waals surface area contributed by atoms with Gasteiger partial charge >= 0.3 is 5.97 Å². The van der Waals surface area contributed by atoms with Crippen LogP contribution in [0.4, 0.5) is 0 Å². The van der Waals surface area contributed by atoms with Gasteiger partial charge in [-0.1, -0.05) is 19.4 Å². The molecule has 1 heterocycles. The number of carboxylic acids is 1. The summed E-state index contributed by atoms with van der Waals surface area (Å²) in [5, 5.41) is 9.89. The van der Waals surface area contributed by atoms with Gasteiger partial charge in [0, 0.05) is 0 Å². The number of aliphatic carboxylic acids is 1. The van der Waals surface area contributed by atoms with Gasteiger partial charge in [-0.2, -0.15) is 0 Å². The van der Waals surface area contributed by atoms with Crippen molar-refractivity contribution in [2.24, 2.45) is 22.7 Å². The highest BCUT2D eigenvalue weighted by Gasteiger charge is 2.63. The van der Waals surface area contributed by atoms with Gasteiger partial charge in [-0.05, 0) is 76.5 Å². The standard InChI is InChI=1S/C20H32O3/c1-6-17(2)12-8-15-18(3)10-7-11-19(4,16(21)22)14(18)9-13-20(15,5)23-17/h6,14-15H,1,7-13H2,2-5H3,(H,21,22)/t14-,15-,17+,18+,19-,20-/m0/s1. The smallest absolute Gasteiger partial charge is 0.309 e. The molecule has 3 rings (SSSR count). The summed E-state index contributed by atoms with van der Waals surface area (Å²) in [6, 6.07) is 0. The molecule has 1 N–H and O–H groups in total. The number of rotatable bonds is 2. The normalized spacial score (nSPS) is 53.0. The predicted octanol–water partition coefficient (Wildman–Crippen LogP) is 4.81. The van der Waals surface area contributed by atoms with Crippen LogP contribution in [0.5, 0.6) is 0 Å². The van der Waals surface area contributed by atoms with Crippen molar-refractivity contribution in [3.8, 4) is 0 Å². The van der Waals surface area contributed by atoms with E-state index in [9.17, 15) is 9.90 Å². The highest BCUT2D eigenvalue weighted by molar-refractivity contribution is 5.75. The van der Waals surface area contributed by atoms with Crippen LogP contribution in [0.3, 0.4) is 0 Å². The van der Waals surface area contributed by atoms with Crippen LogP contribution in [0.15, 0.2) is 12.7 Å². The van der Waals surface area contributed by atoms with E-state index in [1.54, 1.807) is 0 Å². The van der Waals surface area contributed by atoms with E-state index in [1.807, 2.05) is 13.0 Å². The van der Waals surface area contributed by atoms with E-state index in [-0.39, 0.29) is 22.5 Å². The van der Waals surface area contributed by atoms with Crippen molar-refractivity contribution in [2.45, 2.75) is 83.8 Å². The number of carbonyl (C=O) groups is 1. The van der Waals surface area contributed by atoms with Crippen molar-refractivity contribution in [3.63, 3.8) is 0 Å². The van der Waals surface area contributed by atoms with Crippen molar-refractivity contribution in [2.75, 3.05) is 0 Å². The molecule has 3 nitrogen and oxygen atoms in total. The Hall–Kier alpha value is -0.830. The summed E-state index contributed by atoms with van der Waals surface area (Å²) in [5.74, 6) is 0.0986. The highest BCUT2D eigenvalue weighted by Crippen LogP contribution is 2.65. The van der Waals surface area contributed by atoms with Gasteiger partial charge in [-0.3, -0.25) is 4.79 Å². The van der Waals surface area contributed by atoms with Crippen LogP contribution in [0.25, 0.3) is 0 Å². The lowest BCUT2D eigenvalue weighted by Gasteiger charge is -2.64. The fourth-order valence-corrected chi connectivity index (χ4v) is 6.45. The summed E-state index contributed by atoms with van der Waals surface area (Å²) in [7, 11) is 0. The van der Waals surface area contributed by atoms with Crippen LogP contribution in [-0.4, -0.2) is 22.3 Å². The molecule has 0 spiro atoms. The van der Waals surface area contributed by atoms with Crippen LogP contribution in [0, 0.1) is 22.7 Å². The summed E-state index contributed by atoms with van der Waals surface area (Å²) in [6.45, 7) is 12.7. The zero-order valence-corrected chi connectivity index (χ0v) is 15.2. The molecule has 6 atom stereocenters. The second-order valence-electron chi connectivity index (χ2n) is 9.20. The monoisotopic (exact) mass is 320 g/mol. The Labute approximate surface area is 140 Å². The Morgan fingerprint density at radius 3 is 2.35 bits per heavy atom. The first kappa shape index (κ1) is 17.0. The first-order valence-electron chi connectivity index (χ1n) is 9.17. The minimum atomic E-state index is -0.607. The third-order valence-electron chi connectivity index (χ3n) is 7.76. The van der Waals surface area contributed by atoms with Crippen molar-refractivity contribution in [1.82, 2.24) is 0 Å². The van der Waals surface area contributed by atoms with E-state index in [1.165, 1.54) is 0 Å². The third-order valence-corrected chi connectivity index (χ3v) is 7.76. The maximum atomic E-state index is 12.0. The number of hydrogen-bond acceptors (Lipinski definition) is 2. The average molecular weight is 320 g/mol. The third kappa shape index (κ3) is 2.30. The van der Waals surface area contributed by atoms with Gasteiger partial charge in [0.1, 0.15) is 0 Å². The van der Waals surface area contributed by atoms with Gasteiger partial charge in [0.05, 0.1) is 16.6 Å². The maximum absolute atomic E-state index is 12.0. The first-order chi connectivity index (χ1) is 10.6. The SMILES string of the molecule is C=C[C@]1(C)CC[C@H]2[C@]3(C)CCC[C@](C)(C(=O)O)[C@H]3CC[C@]2(C)O1. The van der Waals surface area contributed by atoms with Crippen LogP contribution < -0.4 is 0 Å². The van der Waals surface area contributed by atoms with Crippen molar-refractivity contribution >= 4 is 5.97 Å². The molecule has 3 aliphatic rings. The lowest BCUT2D eigenvalue weighted by molar-refractivity contribution is -0.254. The van der Waals surface area contributed by atoms with Gasteiger partial charge in [0.25, 0.3) is 0 Å². The molecular weight excluding hydrogens is 288 g/mol. The van der Waals surface area contributed by atoms with Gasteiger partial charge in [-0.15, -0.1) is 6.58 Å². The fraction of sp³-hybridized carbons (Fsp3) is 0.850. The summed E-state index contributed by atoms with van der Waals surface area (Å²) in [6.07, 6.45) is 8.94. The molecule has 3 fully saturated rings. The second-order valence-corrected chi connectivity index (χ2v) is 9.20. The van der Waals surface area contributed by atoms with Crippen molar-refractivity contribution in [3.05, 3.63) is 12.7 Å². The molecule has 0 unspecified atom stereocenters. The van der Waals surface area contributed by atoms with Gasteiger partial charge in [0.2, 0.25) is 0 Å². The molecule has 0 aromatic carbocycles. The largest absolute Gasteiger partial charge is 0.481 e. The van der Waals surface area contributed by atoms with E-state index in [0.29, 0.717) is 5.92 Å². The molecule has 0 bridgehead atoms. The Bertz CT molecular complexity index is 529. The molecule has 130 valence electrons. The molecule has 1 aliphatic heterocycles. The zero-order valence-electron chi connectivity index (χ0n) is 15.2. The highest BCUT2D eigenvalue weighted by atomic mass is 16.5. The van der Waals surface area contributed by atoms with Crippen LogP contribution >= 0.6 is 0 Å². The van der Waals surface area contributed by atoms with E-state index in [0.717, 1.165) is 44.9 Å². The van der Waals surface area contributed by atoms with Crippen LogP contribution in [0.1, 0.15) is 72.6 Å². The fourth-order valence-electron chi connectivity index (χ4n) is 6.45. The lowest BCUT2D eigenvalue weighted by Crippen LogP contribution is -2.63. The Morgan fingerprint density at radius 2 is 1.74 bits per heavy atom. The maximum Gasteiger partial charge on any atom is 0.309 e. The molecule has 3 heteroatoms. The van der Waals surface area contributed by atoms with Crippen molar-refractivity contribution in [1.29, 1.82) is 0 Å². The van der Waals surface area contributed by atoms with E-state index >= 15 is 0 Å². The number of fused-ring (bicyclic) bond motifs is 3. The van der Waals surface area contributed by atoms with Gasteiger partial charge in [0.15, 0.2) is 0 Å².